The van der Waals surface area contributed by atoms with E-state index in [-0.39, 0.29) is 13.3 Å². The molecule has 66 valence electrons. The fraction of sp³-hybridized carbons (Fsp3) is 0.250. The predicted molar refractivity (Wildman–Crippen MR) is 40.3 cm³/mol. The summed E-state index contributed by atoms with van der Waals surface area (Å²) in [7, 11) is 0. The van der Waals surface area contributed by atoms with Gasteiger partial charge in [0, 0.05) is 18.2 Å². The van der Waals surface area contributed by atoms with E-state index in [0.29, 0.717) is 5.56 Å². The topological polar surface area (TPSA) is 32.3 Å². The van der Waals surface area contributed by atoms with E-state index < -0.39 is 11.6 Å². The van der Waals surface area contributed by atoms with Crippen molar-refractivity contribution in [3.8, 4) is 0 Å². The first-order valence-electron chi connectivity index (χ1n) is 3.49. The third-order valence-electron chi connectivity index (χ3n) is 1.44. The predicted octanol–water partition coefficient (Wildman–Crippen LogP) is 1.00. The fourth-order valence-corrected chi connectivity index (χ4v) is 0.856. The van der Waals surface area contributed by atoms with Crippen molar-refractivity contribution in [1.82, 2.24) is 5.32 Å². The molecule has 1 aromatic carbocycles. The summed E-state index contributed by atoms with van der Waals surface area (Å²) in [6, 6.07) is 3.33. The van der Waals surface area contributed by atoms with Crippen molar-refractivity contribution in [3.63, 3.8) is 0 Å². The van der Waals surface area contributed by atoms with Gasteiger partial charge in [0.15, 0.2) is 0 Å². The van der Waals surface area contributed by atoms with Crippen molar-refractivity contribution in [1.29, 1.82) is 0 Å². The quantitative estimate of drug-likeness (QED) is 0.668. The summed E-state index contributed by atoms with van der Waals surface area (Å²) in [5.41, 5.74) is 0.338. The van der Waals surface area contributed by atoms with E-state index in [1.54, 1.807) is 0 Å². The summed E-state index contributed by atoms with van der Waals surface area (Å²) in [6.45, 7) is -0.0283. The second-order valence-corrected chi connectivity index (χ2v) is 2.32. The molecule has 1 rings (SSSR count). The van der Waals surface area contributed by atoms with E-state index in [1.165, 1.54) is 12.1 Å². The molecule has 0 unspecified atom stereocenters. The Morgan fingerprint density at radius 1 is 1.33 bits per heavy atom. The standard InChI is InChI=1S/C8H9F2NO/c9-7-2-1-6(4-11-5-12)8(10)3-7/h1-3,11-12H,4-5H2. The Balaban J connectivity index is 2.72. The molecule has 0 aromatic heterocycles. The number of aliphatic hydroxyl groups is 1. The lowest BCUT2D eigenvalue weighted by molar-refractivity contribution is 0.258. The van der Waals surface area contributed by atoms with Gasteiger partial charge in [0.05, 0.1) is 6.73 Å². The Morgan fingerprint density at radius 2 is 2.08 bits per heavy atom. The van der Waals surface area contributed by atoms with Crippen LogP contribution in [0.1, 0.15) is 5.56 Å². The molecule has 0 aliphatic heterocycles. The lowest BCUT2D eigenvalue weighted by Crippen LogP contribution is -2.14. The first-order chi connectivity index (χ1) is 5.74. The lowest BCUT2D eigenvalue weighted by atomic mass is 10.2. The van der Waals surface area contributed by atoms with E-state index >= 15 is 0 Å². The zero-order valence-corrected chi connectivity index (χ0v) is 6.35. The van der Waals surface area contributed by atoms with Crippen LogP contribution in [0.2, 0.25) is 0 Å². The molecule has 0 fully saturated rings. The minimum absolute atomic E-state index is 0.197. The molecule has 12 heavy (non-hydrogen) atoms. The van der Waals surface area contributed by atoms with Gasteiger partial charge < -0.3 is 5.11 Å². The Morgan fingerprint density at radius 3 is 2.67 bits per heavy atom. The molecule has 0 aliphatic rings. The van der Waals surface area contributed by atoms with Crippen molar-refractivity contribution in [3.05, 3.63) is 35.4 Å². The van der Waals surface area contributed by atoms with Gasteiger partial charge in [-0.15, -0.1) is 0 Å². The van der Waals surface area contributed by atoms with E-state index in [4.69, 9.17) is 5.11 Å². The largest absolute Gasteiger partial charge is 0.381 e. The highest BCUT2D eigenvalue weighted by atomic mass is 19.1. The highest BCUT2D eigenvalue weighted by Gasteiger charge is 2.01. The summed E-state index contributed by atoms with van der Waals surface area (Å²) in [4.78, 5) is 0. The average molecular weight is 173 g/mol. The highest BCUT2D eigenvalue weighted by Crippen LogP contribution is 2.08. The van der Waals surface area contributed by atoms with E-state index in [9.17, 15) is 8.78 Å². The third-order valence-corrected chi connectivity index (χ3v) is 1.44. The maximum Gasteiger partial charge on any atom is 0.130 e. The van der Waals surface area contributed by atoms with Gasteiger partial charge >= 0.3 is 0 Å². The molecular formula is C8H9F2NO. The average Bonchev–Trinajstić information content (AvgIpc) is 2.03. The highest BCUT2D eigenvalue weighted by molar-refractivity contribution is 5.18. The van der Waals surface area contributed by atoms with Gasteiger partial charge in [-0.05, 0) is 6.07 Å². The molecule has 2 N–H and O–H groups in total. The van der Waals surface area contributed by atoms with Gasteiger partial charge in [0.25, 0.3) is 0 Å². The second-order valence-electron chi connectivity index (χ2n) is 2.32. The number of benzene rings is 1. The molecule has 0 atom stereocenters. The monoisotopic (exact) mass is 173 g/mol. The van der Waals surface area contributed by atoms with Gasteiger partial charge in [-0.2, -0.15) is 0 Å². The molecule has 1 aromatic rings. The molecule has 0 spiro atoms. The number of halogens is 2. The molecular weight excluding hydrogens is 164 g/mol. The number of hydrogen-bond donors (Lipinski definition) is 2. The van der Waals surface area contributed by atoms with Crippen LogP contribution in [0.25, 0.3) is 0 Å². The summed E-state index contributed by atoms with van der Waals surface area (Å²) in [6.07, 6.45) is 0. The molecule has 0 saturated carbocycles. The first-order valence-corrected chi connectivity index (χ1v) is 3.49. The second kappa shape index (κ2) is 4.13. The van der Waals surface area contributed by atoms with Crippen LogP contribution in [0.4, 0.5) is 8.78 Å². The Hall–Kier alpha value is -1.00. The van der Waals surface area contributed by atoms with Crippen molar-refractivity contribution >= 4 is 0 Å². The normalized spacial score (nSPS) is 10.2. The summed E-state index contributed by atoms with van der Waals surface area (Å²) in [5.74, 6) is -1.20. The molecule has 0 aliphatic carbocycles. The Labute approximate surface area is 68.8 Å². The zero-order chi connectivity index (χ0) is 8.97. The lowest BCUT2D eigenvalue weighted by Gasteiger charge is -2.02. The van der Waals surface area contributed by atoms with Crippen molar-refractivity contribution < 1.29 is 13.9 Å². The number of nitrogens with one attached hydrogen (secondary N) is 1. The SMILES string of the molecule is OCNCc1ccc(F)cc1F. The van der Waals surface area contributed by atoms with E-state index in [2.05, 4.69) is 5.32 Å². The molecule has 4 heteroatoms. The first kappa shape index (κ1) is 9.09. The molecule has 0 heterocycles. The van der Waals surface area contributed by atoms with Crippen molar-refractivity contribution in [2.75, 3.05) is 6.73 Å². The molecule has 0 amide bonds. The molecule has 0 radical (unpaired) electrons. The van der Waals surface area contributed by atoms with Crippen LogP contribution < -0.4 is 5.32 Å². The van der Waals surface area contributed by atoms with Gasteiger partial charge in [-0.25, -0.2) is 8.78 Å². The van der Waals surface area contributed by atoms with Crippen molar-refractivity contribution in [2.24, 2.45) is 0 Å². The summed E-state index contributed by atoms with van der Waals surface area (Å²) >= 11 is 0. The fourth-order valence-electron chi connectivity index (χ4n) is 0.856. The van der Waals surface area contributed by atoms with Crippen LogP contribution >= 0.6 is 0 Å². The number of hydrogen-bond acceptors (Lipinski definition) is 2. The van der Waals surface area contributed by atoms with Crippen LogP contribution in [0.3, 0.4) is 0 Å². The van der Waals surface area contributed by atoms with Gasteiger partial charge in [0.1, 0.15) is 11.6 Å². The smallest absolute Gasteiger partial charge is 0.130 e. The van der Waals surface area contributed by atoms with Gasteiger partial charge in [0.2, 0.25) is 0 Å². The van der Waals surface area contributed by atoms with Crippen LogP contribution in [0.15, 0.2) is 18.2 Å². The summed E-state index contributed by atoms with van der Waals surface area (Å²) in [5, 5.41) is 10.9. The van der Waals surface area contributed by atoms with Gasteiger partial charge in [-0.1, -0.05) is 6.07 Å². The van der Waals surface area contributed by atoms with Crippen LogP contribution in [-0.4, -0.2) is 11.8 Å². The Bertz CT molecular complexity index is 265. The van der Waals surface area contributed by atoms with Gasteiger partial charge in [-0.3, -0.25) is 5.32 Å². The minimum atomic E-state index is -0.601. The number of rotatable bonds is 3. The maximum atomic E-state index is 12.8. The summed E-state index contributed by atoms with van der Waals surface area (Å²) < 4.78 is 25.2. The maximum absolute atomic E-state index is 12.8. The van der Waals surface area contributed by atoms with E-state index in [1.807, 2.05) is 0 Å². The van der Waals surface area contributed by atoms with Crippen molar-refractivity contribution in [2.45, 2.75) is 6.54 Å². The molecule has 0 bridgehead atoms. The molecule has 0 saturated heterocycles. The van der Waals surface area contributed by atoms with E-state index in [0.717, 1.165) is 6.07 Å². The minimum Gasteiger partial charge on any atom is -0.381 e. The molecule has 2 nitrogen and oxygen atoms in total. The van der Waals surface area contributed by atoms with Crippen LogP contribution in [0, 0.1) is 11.6 Å². The number of aliphatic hydroxyl groups excluding tert-OH is 1. The van der Waals surface area contributed by atoms with Crippen LogP contribution in [-0.2, 0) is 6.54 Å². The Kier molecular flexibility index (Phi) is 3.13. The van der Waals surface area contributed by atoms with Crippen LogP contribution in [0.5, 0.6) is 0 Å². The third kappa shape index (κ3) is 2.25. The zero-order valence-electron chi connectivity index (χ0n) is 6.35.